The molecule has 1 aliphatic rings. The first-order valence-corrected chi connectivity index (χ1v) is 8.19. The first kappa shape index (κ1) is 13.5. The Bertz CT molecular complexity index is 766. The molecule has 0 radical (unpaired) electrons. The van der Waals surface area contributed by atoms with Gasteiger partial charge in [-0.3, -0.25) is 4.68 Å². The van der Waals surface area contributed by atoms with Gasteiger partial charge in [0.2, 0.25) is 0 Å². The van der Waals surface area contributed by atoms with Crippen LogP contribution in [0.4, 0.5) is 0 Å². The van der Waals surface area contributed by atoms with Crippen LogP contribution in [0.5, 0.6) is 0 Å². The second-order valence-electron chi connectivity index (χ2n) is 6.19. The molecule has 22 heavy (non-hydrogen) atoms. The lowest BCUT2D eigenvalue weighted by molar-refractivity contribution is 0.301. The highest BCUT2D eigenvalue weighted by Crippen LogP contribution is 2.36. The average molecular weight is 295 g/mol. The van der Waals surface area contributed by atoms with Gasteiger partial charge in [0, 0.05) is 23.3 Å². The molecule has 1 atom stereocenters. The van der Waals surface area contributed by atoms with Crippen LogP contribution in [0.15, 0.2) is 31.0 Å². The molecule has 114 valence electrons. The number of hydrogen-bond donors (Lipinski definition) is 1. The van der Waals surface area contributed by atoms with Crippen molar-refractivity contribution in [2.24, 2.45) is 5.92 Å². The van der Waals surface area contributed by atoms with Crippen molar-refractivity contribution in [3.8, 4) is 11.3 Å². The van der Waals surface area contributed by atoms with Gasteiger partial charge >= 0.3 is 0 Å². The smallest absolute Gasteiger partial charge is 0.141 e. The second kappa shape index (κ2) is 5.55. The van der Waals surface area contributed by atoms with E-state index in [4.69, 9.17) is 0 Å². The lowest BCUT2D eigenvalue weighted by Gasteiger charge is -2.22. The maximum absolute atomic E-state index is 4.65. The van der Waals surface area contributed by atoms with E-state index in [2.05, 4.69) is 37.9 Å². The summed E-state index contributed by atoms with van der Waals surface area (Å²) in [4.78, 5) is 11.9. The number of rotatable bonds is 4. The van der Waals surface area contributed by atoms with Crippen LogP contribution in [-0.2, 0) is 0 Å². The first-order chi connectivity index (χ1) is 10.9. The number of H-pyrrole nitrogens is 1. The minimum absolute atomic E-state index is 0.514. The van der Waals surface area contributed by atoms with Crippen molar-refractivity contribution in [2.45, 2.75) is 45.1 Å². The lowest BCUT2D eigenvalue weighted by atomic mass is 9.96. The molecule has 4 rings (SSSR count). The zero-order chi connectivity index (χ0) is 14.9. The molecule has 0 bridgehead atoms. The fraction of sp³-hybridized carbons (Fsp3) is 0.471. The van der Waals surface area contributed by atoms with Crippen LogP contribution in [0.25, 0.3) is 22.3 Å². The molecule has 3 aromatic rings. The van der Waals surface area contributed by atoms with E-state index < -0.39 is 0 Å². The van der Waals surface area contributed by atoms with Gasteiger partial charge in [-0.15, -0.1) is 0 Å². The Kier molecular flexibility index (Phi) is 3.41. The van der Waals surface area contributed by atoms with Gasteiger partial charge in [-0.1, -0.05) is 19.8 Å². The Morgan fingerprint density at radius 3 is 3.00 bits per heavy atom. The average Bonchev–Trinajstić information content (AvgIpc) is 3.29. The summed E-state index contributed by atoms with van der Waals surface area (Å²) in [7, 11) is 0. The van der Waals surface area contributed by atoms with Gasteiger partial charge in [0.15, 0.2) is 0 Å². The molecule has 3 aromatic heterocycles. The number of aromatic nitrogens is 5. The molecule has 0 aromatic carbocycles. The van der Waals surface area contributed by atoms with Crippen molar-refractivity contribution in [3.05, 3.63) is 31.0 Å². The van der Waals surface area contributed by atoms with E-state index in [9.17, 15) is 0 Å². The summed E-state index contributed by atoms with van der Waals surface area (Å²) >= 11 is 0. The zero-order valence-corrected chi connectivity index (χ0v) is 12.9. The van der Waals surface area contributed by atoms with Gasteiger partial charge in [0.25, 0.3) is 0 Å². The van der Waals surface area contributed by atoms with Crippen LogP contribution < -0.4 is 0 Å². The molecular weight excluding hydrogens is 274 g/mol. The molecule has 3 heterocycles. The largest absolute Gasteiger partial charge is 0.346 e. The van der Waals surface area contributed by atoms with Crippen LogP contribution in [0, 0.1) is 5.92 Å². The maximum Gasteiger partial charge on any atom is 0.141 e. The summed E-state index contributed by atoms with van der Waals surface area (Å²) in [5.41, 5.74) is 2.91. The monoisotopic (exact) mass is 295 g/mol. The van der Waals surface area contributed by atoms with E-state index in [0.29, 0.717) is 6.04 Å². The molecule has 5 heteroatoms. The zero-order valence-electron chi connectivity index (χ0n) is 12.9. The fourth-order valence-electron chi connectivity index (χ4n) is 3.82. The SMILES string of the molecule is CC[C@@H](C1CCCC1)n1cc(-c2ncnc3[nH]ccc23)cn1. The van der Waals surface area contributed by atoms with Gasteiger partial charge in [-0.25, -0.2) is 9.97 Å². The van der Waals surface area contributed by atoms with E-state index in [1.165, 1.54) is 25.7 Å². The third kappa shape index (κ3) is 2.21. The van der Waals surface area contributed by atoms with Crippen molar-refractivity contribution in [1.29, 1.82) is 0 Å². The van der Waals surface area contributed by atoms with Crippen molar-refractivity contribution >= 4 is 11.0 Å². The molecule has 0 unspecified atom stereocenters. The molecule has 0 spiro atoms. The second-order valence-corrected chi connectivity index (χ2v) is 6.19. The molecule has 0 aliphatic heterocycles. The van der Waals surface area contributed by atoms with Crippen molar-refractivity contribution in [3.63, 3.8) is 0 Å². The summed E-state index contributed by atoms with van der Waals surface area (Å²) in [6.45, 7) is 2.26. The van der Waals surface area contributed by atoms with Gasteiger partial charge in [0.1, 0.15) is 12.0 Å². The standard InChI is InChI=1S/C17H21N5/c1-2-15(12-5-3-4-6-12)22-10-13(9-21-22)16-14-7-8-18-17(14)20-11-19-16/h7-12,15H,2-6H2,1H3,(H,18,19,20)/t15-/m0/s1. The minimum Gasteiger partial charge on any atom is -0.346 e. The number of fused-ring (bicyclic) bond motifs is 1. The predicted molar refractivity (Wildman–Crippen MR) is 86.4 cm³/mol. The molecule has 5 nitrogen and oxygen atoms in total. The summed E-state index contributed by atoms with van der Waals surface area (Å²) in [5.74, 6) is 0.774. The molecule has 0 saturated heterocycles. The molecule has 1 N–H and O–H groups in total. The number of aromatic amines is 1. The summed E-state index contributed by atoms with van der Waals surface area (Å²) < 4.78 is 2.16. The quantitative estimate of drug-likeness (QED) is 0.792. The van der Waals surface area contributed by atoms with Gasteiger partial charge in [-0.2, -0.15) is 5.10 Å². The van der Waals surface area contributed by atoms with Crippen LogP contribution >= 0.6 is 0 Å². The van der Waals surface area contributed by atoms with E-state index in [-0.39, 0.29) is 0 Å². The first-order valence-electron chi connectivity index (χ1n) is 8.19. The molecule has 1 saturated carbocycles. The summed E-state index contributed by atoms with van der Waals surface area (Å²) in [5, 5.41) is 5.70. The highest BCUT2D eigenvalue weighted by molar-refractivity contribution is 5.89. The number of hydrogen-bond acceptors (Lipinski definition) is 3. The van der Waals surface area contributed by atoms with Crippen LogP contribution in [0.3, 0.4) is 0 Å². The van der Waals surface area contributed by atoms with E-state index >= 15 is 0 Å². The van der Waals surface area contributed by atoms with E-state index in [1.807, 2.05) is 18.5 Å². The Balaban J connectivity index is 1.70. The highest BCUT2D eigenvalue weighted by Gasteiger charge is 2.25. The summed E-state index contributed by atoms with van der Waals surface area (Å²) in [6.07, 6.45) is 14.1. The van der Waals surface area contributed by atoms with Crippen molar-refractivity contribution in [1.82, 2.24) is 24.7 Å². The number of nitrogens with one attached hydrogen (secondary N) is 1. The van der Waals surface area contributed by atoms with Crippen LogP contribution in [0.1, 0.15) is 45.1 Å². The van der Waals surface area contributed by atoms with E-state index in [0.717, 1.165) is 34.6 Å². The third-order valence-electron chi connectivity index (χ3n) is 4.93. The maximum atomic E-state index is 4.65. The molecular formula is C17H21N5. The van der Waals surface area contributed by atoms with Gasteiger partial charge in [-0.05, 0) is 31.2 Å². The Morgan fingerprint density at radius 2 is 2.18 bits per heavy atom. The lowest BCUT2D eigenvalue weighted by Crippen LogP contribution is -2.17. The molecule has 1 fully saturated rings. The Morgan fingerprint density at radius 1 is 1.32 bits per heavy atom. The minimum atomic E-state index is 0.514. The third-order valence-corrected chi connectivity index (χ3v) is 4.93. The Labute approximate surface area is 129 Å². The number of nitrogens with zero attached hydrogens (tertiary/aromatic N) is 4. The van der Waals surface area contributed by atoms with Gasteiger partial charge in [0.05, 0.1) is 17.9 Å². The molecule has 1 aliphatic carbocycles. The normalized spacial score (nSPS) is 17.3. The van der Waals surface area contributed by atoms with E-state index in [1.54, 1.807) is 6.33 Å². The molecule has 0 amide bonds. The highest BCUT2D eigenvalue weighted by atomic mass is 15.3. The predicted octanol–water partition coefficient (Wildman–Crippen LogP) is 3.96. The van der Waals surface area contributed by atoms with Crippen molar-refractivity contribution < 1.29 is 0 Å². The van der Waals surface area contributed by atoms with Gasteiger partial charge < -0.3 is 4.98 Å². The summed E-state index contributed by atoms with van der Waals surface area (Å²) in [6, 6.07) is 2.54. The Hall–Kier alpha value is -2.17. The fourth-order valence-corrected chi connectivity index (χ4v) is 3.82. The van der Waals surface area contributed by atoms with Crippen LogP contribution in [0.2, 0.25) is 0 Å². The van der Waals surface area contributed by atoms with Crippen LogP contribution in [-0.4, -0.2) is 24.7 Å². The van der Waals surface area contributed by atoms with Crippen molar-refractivity contribution in [2.75, 3.05) is 0 Å². The topological polar surface area (TPSA) is 59.4 Å².